The number of amides is 1. The van der Waals surface area contributed by atoms with Gasteiger partial charge in [0.25, 0.3) is 5.91 Å². The molecule has 0 saturated carbocycles. The van der Waals surface area contributed by atoms with Crippen LogP contribution in [0.2, 0.25) is 0 Å². The first kappa shape index (κ1) is 24.2. The van der Waals surface area contributed by atoms with Gasteiger partial charge in [0.2, 0.25) is 5.43 Å². The maximum atomic E-state index is 13.6. The molecule has 0 aliphatic carbocycles. The molecule has 0 radical (unpaired) electrons. The van der Waals surface area contributed by atoms with E-state index in [9.17, 15) is 27.6 Å². The first-order valence-corrected chi connectivity index (χ1v) is 11.3. The average molecular weight is 504 g/mol. The minimum Gasteiger partial charge on any atom is -0.478 e. The summed E-state index contributed by atoms with van der Waals surface area (Å²) < 4.78 is 40.8. The Bertz CT molecular complexity index is 1390. The van der Waals surface area contributed by atoms with Crippen LogP contribution in [0.15, 0.2) is 58.5 Å². The zero-order valence-electron chi connectivity index (χ0n) is 18.1. The number of aryl methyl sites for hydroxylation is 1. The number of benzene rings is 1. The lowest BCUT2D eigenvalue weighted by Gasteiger charge is -2.22. The molecular weight excluding hydrogens is 485 g/mol. The van der Waals surface area contributed by atoms with Gasteiger partial charge in [0.05, 0.1) is 16.7 Å². The second-order valence-corrected chi connectivity index (χ2v) is 8.61. The molecule has 0 bridgehead atoms. The number of aromatic amines is 1. The highest BCUT2D eigenvalue weighted by Gasteiger charge is 2.34. The van der Waals surface area contributed by atoms with Crippen LogP contribution in [0.4, 0.5) is 18.3 Å². The number of alkyl halides is 3. The summed E-state index contributed by atoms with van der Waals surface area (Å²) in [5, 5.41) is 13.3. The van der Waals surface area contributed by atoms with E-state index in [1.807, 2.05) is 0 Å². The molecular formula is C23H19F3N4O4S. The van der Waals surface area contributed by atoms with Crippen LogP contribution in [0.25, 0.3) is 10.9 Å². The van der Waals surface area contributed by atoms with Crippen molar-refractivity contribution >= 4 is 39.2 Å². The SMILES string of the molecule is O=C(O)C1=CN(CCCc2[nH]c3c(C(F)(F)F)cccc3c(=O)c2C(=O)Nc2nccs2)CC=C1. The van der Waals surface area contributed by atoms with Gasteiger partial charge in [-0.15, -0.1) is 11.3 Å². The number of hydrogen-bond acceptors (Lipinski definition) is 6. The monoisotopic (exact) mass is 504 g/mol. The maximum Gasteiger partial charge on any atom is 0.418 e. The van der Waals surface area contributed by atoms with Gasteiger partial charge >= 0.3 is 12.1 Å². The second kappa shape index (κ2) is 9.74. The van der Waals surface area contributed by atoms with Crippen molar-refractivity contribution in [3.63, 3.8) is 0 Å². The number of rotatable bonds is 7. The molecule has 12 heteroatoms. The second-order valence-electron chi connectivity index (χ2n) is 7.72. The number of pyridine rings is 1. The van der Waals surface area contributed by atoms with Gasteiger partial charge in [-0.05, 0) is 31.1 Å². The van der Waals surface area contributed by atoms with Crippen molar-refractivity contribution in [2.75, 3.05) is 18.4 Å². The van der Waals surface area contributed by atoms with Gasteiger partial charge in [-0.2, -0.15) is 13.2 Å². The number of carbonyl (C=O) groups is 2. The lowest BCUT2D eigenvalue weighted by atomic mass is 10.0. The Labute approximate surface area is 200 Å². The standard InChI is InChI=1S/C23H19F3N4O4S/c24-23(25,26)15-6-1-5-14-18(15)28-16(7-3-10-30-9-2-4-13(12-30)21(33)34)17(19(14)31)20(32)29-22-27-8-11-35-22/h1-2,4-6,8,11-12H,3,7,9-10H2,(H,28,31)(H,33,34)(H,27,29,32). The molecule has 35 heavy (non-hydrogen) atoms. The minimum atomic E-state index is -4.71. The van der Waals surface area contributed by atoms with Crippen LogP contribution in [0, 0.1) is 0 Å². The van der Waals surface area contributed by atoms with E-state index in [1.165, 1.54) is 24.5 Å². The molecule has 1 aliphatic heterocycles. The van der Waals surface area contributed by atoms with E-state index in [1.54, 1.807) is 16.4 Å². The van der Waals surface area contributed by atoms with E-state index < -0.39 is 29.0 Å². The topological polar surface area (TPSA) is 115 Å². The Morgan fingerprint density at radius 3 is 2.77 bits per heavy atom. The number of para-hydroxylation sites is 1. The third kappa shape index (κ3) is 5.27. The molecule has 1 aromatic carbocycles. The van der Waals surface area contributed by atoms with Crippen molar-refractivity contribution in [1.82, 2.24) is 14.9 Å². The minimum absolute atomic E-state index is 0.0586. The molecule has 1 amide bonds. The van der Waals surface area contributed by atoms with Crippen LogP contribution in [-0.2, 0) is 17.4 Å². The lowest BCUT2D eigenvalue weighted by molar-refractivity contribution is -0.136. The summed E-state index contributed by atoms with van der Waals surface area (Å²) in [5.41, 5.74) is -2.33. The third-order valence-electron chi connectivity index (χ3n) is 5.38. The zero-order valence-corrected chi connectivity index (χ0v) is 18.9. The van der Waals surface area contributed by atoms with Crippen LogP contribution in [0.3, 0.4) is 0 Å². The first-order chi connectivity index (χ1) is 16.6. The van der Waals surface area contributed by atoms with Gasteiger partial charge in [0.15, 0.2) is 5.13 Å². The van der Waals surface area contributed by atoms with Crippen molar-refractivity contribution in [2.24, 2.45) is 0 Å². The number of hydrogen-bond donors (Lipinski definition) is 3. The van der Waals surface area contributed by atoms with Crippen LogP contribution in [0.1, 0.15) is 28.0 Å². The van der Waals surface area contributed by atoms with Crippen molar-refractivity contribution in [3.05, 3.63) is 80.7 Å². The Hall–Kier alpha value is -3.93. The van der Waals surface area contributed by atoms with E-state index in [2.05, 4.69) is 15.3 Å². The summed E-state index contributed by atoms with van der Waals surface area (Å²) >= 11 is 1.13. The molecule has 8 nitrogen and oxygen atoms in total. The predicted octanol–water partition coefficient (Wildman–Crippen LogP) is 4.03. The number of aliphatic carboxylic acids is 1. The number of anilines is 1. The molecule has 3 N–H and O–H groups in total. The first-order valence-electron chi connectivity index (χ1n) is 10.5. The number of thiazole rings is 1. The summed E-state index contributed by atoms with van der Waals surface area (Å²) in [5.74, 6) is -1.85. The molecule has 0 fully saturated rings. The molecule has 4 rings (SSSR count). The van der Waals surface area contributed by atoms with Crippen molar-refractivity contribution in [3.8, 4) is 0 Å². The van der Waals surface area contributed by atoms with Crippen molar-refractivity contribution in [1.29, 1.82) is 0 Å². The molecule has 1 aliphatic rings. The molecule has 0 saturated heterocycles. The maximum absolute atomic E-state index is 13.6. The number of fused-ring (bicyclic) bond motifs is 1. The smallest absolute Gasteiger partial charge is 0.418 e. The molecule has 3 heterocycles. The number of carboxylic acid groups (broad SMARTS) is 1. The normalized spacial score (nSPS) is 13.7. The Kier molecular flexibility index (Phi) is 6.74. The predicted molar refractivity (Wildman–Crippen MR) is 124 cm³/mol. The molecule has 0 atom stereocenters. The summed E-state index contributed by atoms with van der Waals surface area (Å²) in [6, 6.07) is 3.24. The fraction of sp³-hybridized carbons (Fsp3) is 0.217. The van der Waals surface area contributed by atoms with Gasteiger partial charge in [0, 0.05) is 41.9 Å². The van der Waals surface area contributed by atoms with E-state index in [0.29, 0.717) is 19.5 Å². The molecule has 0 unspecified atom stereocenters. The molecule has 3 aromatic rings. The number of nitrogens with one attached hydrogen (secondary N) is 2. The summed E-state index contributed by atoms with van der Waals surface area (Å²) in [4.78, 5) is 45.8. The number of halogens is 3. The van der Waals surface area contributed by atoms with Crippen LogP contribution in [-0.4, -0.2) is 44.9 Å². The zero-order chi connectivity index (χ0) is 25.2. The fourth-order valence-corrected chi connectivity index (χ4v) is 4.34. The largest absolute Gasteiger partial charge is 0.478 e. The number of nitrogens with zero attached hydrogens (tertiary/aromatic N) is 2. The summed E-state index contributed by atoms with van der Waals surface area (Å²) in [7, 11) is 0. The highest BCUT2D eigenvalue weighted by atomic mass is 32.1. The highest BCUT2D eigenvalue weighted by molar-refractivity contribution is 7.13. The highest BCUT2D eigenvalue weighted by Crippen LogP contribution is 2.33. The van der Waals surface area contributed by atoms with Crippen molar-refractivity contribution in [2.45, 2.75) is 19.0 Å². The van der Waals surface area contributed by atoms with E-state index in [-0.39, 0.29) is 39.3 Å². The van der Waals surface area contributed by atoms with Crippen LogP contribution >= 0.6 is 11.3 Å². The Morgan fingerprint density at radius 2 is 2.09 bits per heavy atom. The molecule has 0 spiro atoms. The molecule has 182 valence electrons. The lowest BCUT2D eigenvalue weighted by Crippen LogP contribution is -2.27. The Morgan fingerprint density at radius 1 is 1.29 bits per heavy atom. The van der Waals surface area contributed by atoms with Gasteiger partial charge < -0.3 is 15.0 Å². The summed E-state index contributed by atoms with van der Waals surface area (Å²) in [6.45, 7) is 0.816. The van der Waals surface area contributed by atoms with E-state index in [0.717, 1.165) is 23.5 Å². The van der Waals surface area contributed by atoms with E-state index >= 15 is 0 Å². The van der Waals surface area contributed by atoms with Crippen molar-refractivity contribution < 1.29 is 27.9 Å². The Balaban J connectivity index is 1.70. The number of carboxylic acids is 1. The fourth-order valence-electron chi connectivity index (χ4n) is 3.82. The third-order valence-corrected chi connectivity index (χ3v) is 6.07. The number of H-pyrrole nitrogens is 1. The van der Waals surface area contributed by atoms with Gasteiger partial charge in [-0.25, -0.2) is 9.78 Å². The van der Waals surface area contributed by atoms with Crippen LogP contribution < -0.4 is 10.7 Å². The number of carbonyl (C=O) groups excluding carboxylic acids is 1. The van der Waals surface area contributed by atoms with Gasteiger partial charge in [-0.1, -0.05) is 12.1 Å². The van der Waals surface area contributed by atoms with E-state index in [4.69, 9.17) is 5.11 Å². The van der Waals surface area contributed by atoms with Crippen LogP contribution in [0.5, 0.6) is 0 Å². The summed E-state index contributed by atoms with van der Waals surface area (Å²) in [6.07, 6.45) is 1.82. The molecule has 2 aromatic heterocycles. The average Bonchev–Trinajstić information content (AvgIpc) is 3.31. The quantitative estimate of drug-likeness (QED) is 0.448. The van der Waals surface area contributed by atoms with Gasteiger partial charge in [-0.3, -0.25) is 14.9 Å². The number of aromatic nitrogens is 2. The van der Waals surface area contributed by atoms with Gasteiger partial charge in [0.1, 0.15) is 5.56 Å².